The summed E-state index contributed by atoms with van der Waals surface area (Å²) in [6, 6.07) is 16.7. The van der Waals surface area contributed by atoms with E-state index in [4.69, 9.17) is 16.3 Å². The summed E-state index contributed by atoms with van der Waals surface area (Å²) in [7, 11) is 0. The van der Waals surface area contributed by atoms with Crippen LogP contribution in [0.5, 0.6) is 5.75 Å². The number of benzene rings is 2. The molecule has 0 bridgehead atoms. The van der Waals surface area contributed by atoms with E-state index in [9.17, 15) is 4.79 Å². The fraction of sp³-hybridized carbons (Fsp3) is 0.188. The van der Waals surface area contributed by atoms with Crippen LogP contribution in [0.25, 0.3) is 0 Å². The van der Waals surface area contributed by atoms with Crippen LogP contribution in [0.2, 0.25) is 0 Å². The molecule has 0 aromatic heterocycles. The van der Waals surface area contributed by atoms with Crippen molar-refractivity contribution >= 4 is 17.5 Å². The topological polar surface area (TPSA) is 38.3 Å². The molecule has 2 rings (SSSR count). The molecule has 0 spiro atoms. The maximum absolute atomic E-state index is 11.9. The van der Waals surface area contributed by atoms with E-state index in [1.54, 1.807) is 12.1 Å². The first-order valence-electron chi connectivity index (χ1n) is 6.40. The zero-order valence-corrected chi connectivity index (χ0v) is 11.8. The first-order valence-corrected chi connectivity index (χ1v) is 6.94. The van der Waals surface area contributed by atoms with Gasteiger partial charge in [-0.25, -0.2) is 0 Å². The van der Waals surface area contributed by atoms with E-state index >= 15 is 0 Å². The molecular formula is C16H16ClNO2. The Morgan fingerprint density at radius 2 is 1.75 bits per heavy atom. The molecule has 0 saturated carbocycles. The molecule has 0 saturated heterocycles. The fourth-order valence-corrected chi connectivity index (χ4v) is 1.88. The normalized spacial score (nSPS) is 10.1. The van der Waals surface area contributed by atoms with Gasteiger partial charge in [-0.1, -0.05) is 30.3 Å². The summed E-state index contributed by atoms with van der Waals surface area (Å²) < 4.78 is 5.50. The summed E-state index contributed by atoms with van der Waals surface area (Å²) in [5.74, 6) is 1.14. The average molecular weight is 290 g/mol. The van der Waals surface area contributed by atoms with Gasteiger partial charge in [-0.05, 0) is 29.8 Å². The van der Waals surface area contributed by atoms with E-state index in [1.165, 1.54) is 0 Å². The zero-order chi connectivity index (χ0) is 14.2. The minimum Gasteiger partial charge on any atom is -0.492 e. The summed E-state index contributed by atoms with van der Waals surface area (Å²) in [6.07, 6.45) is 0. The Hall–Kier alpha value is -2.00. The second-order valence-electron chi connectivity index (χ2n) is 4.25. The predicted octanol–water partition coefficient (Wildman–Crippen LogP) is 3.23. The molecule has 0 unspecified atom stereocenters. The molecule has 0 aliphatic carbocycles. The first-order chi connectivity index (χ1) is 9.79. The SMILES string of the molecule is O=C(NCCOc1ccccc1)c1ccc(CCl)cc1. The van der Waals surface area contributed by atoms with Crippen LogP contribution in [-0.2, 0) is 5.88 Å². The number of para-hydroxylation sites is 1. The summed E-state index contributed by atoms with van der Waals surface area (Å²) >= 11 is 5.70. The lowest BCUT2D eigenvalue weighted by molar-refractivity contribution is 0.0947. The third-order valence-electron chi connectivity index (χ3n) is 2.77. The van der Waals surface area contributed by atoms with Crippen molar-refractivity contribution in [2.24, 2.45) is 0 Å². The van der Waals surface area contributed by atoms with Crippen molar-refractivity contribution < 1.29 is 9.53 Å². The van der Waals surface area contributed by atoms with Gasteiger partial charge in [0.15, 0.2) is 0 Å². The molecule has 0 aliphatic rings. The van der Waals surface area contributed by atoms with Gasteiger partial charge in [0.25, 0.3) is 5.91 Å². The van der Waals surface area contributed by atoms with Crippen LogP contribution < -0.4 is 10.1 Å². The summed E-state index contributed by atoms with van der Waals surface area (Å²) in [4.78, 5) is 11.9. The number of rotatable bonds is 6. The quantitative estimate of drug-likeness (QED) is 0.655. The third-order valence-corrected chi connectivity index (χ3v) is 3.08. The molecule has 0 atom stereocenters. The molecule has 20 heavy (non-hydrogen) atoms. The smallest absolute Gasteiger partial charge is 0.251 e. The predicted molar refractivity (Wildman–Crippen MR) is 80.3 cm³/mol. The molecule has 0 heterocycles. The van der Waals surface area contributed by atoms with Crippen LogP contribution in [0.1, 0.15) is 15.9 Å². The van der Waals surface area contributed by atoms with Crippen molar-refractivity contribution in [3.63, 3.8) is 0 Å². The number of ether oxygens (including phenoxy) is 1. The highest BCUT2D eigenvalue weighted by Crippen LogP contribution is 2.08. The van der Waals surface area contributed by atoms with Gasteiger partial charge in [-0.15, -0.1) is 11.6 Å². The van der Waals surface area contributed by atoms with Crippen molar-refractivity contribution in [2.45, 2.75) is 5.88 Å². The minimum atomic E-state index is -0.109. The molecule has 4 heteroatoms. The van der Waals surface area contributed by atoms with Crippen molar-refractivity contribution in [3.05, 3.63) is 65.7 Å². The van der Waals surface area contributed by atoms with Crippen LogP contribution in [0, 0.1) is 0 Å². The highest BCUT2D eigenvalue weighted by molar-refractivity contribution is 6.17. The number of hydrogen-bond acceptors (Lipinski definition) is 2. The monoisotopic (exact) mass is 289 g/mol. The number of carbonyl (C=O) groups is 1. The van der Waals surface area contributed by atoms with E-state index in [-0.39, 0.29) is 5.91 Å². The Morgan fingerprint density at radius 1 is 1.05 bits per heavy atom. The van der Waals surface area contributed by atoms with Crippen molar-refractivity contribution in [1.29, 1.82) is 0 Å². The van der Waals surface area contributed by atoms with E-state index in [1.807, 2.05) is 42.5 Å². The number of alkyl halides is 1. The van der Waals surface area contributed by atoms with E-state index < -0.39 is 0 Å². The molecule has 1 N–H and O–H groups in total. The van der Waals surface area contributed by atoms with Crippen LogP contribution in [0.3, 0.4) is 0 Å². The van der Waals surface area contributed by atoms with Crippen molar-refractivity contribution in [2.75, 3.05) is 13.2 Å². The molecule has 3 nitrogen and oxygen atoms in total. The van der Waals surface area contributed by atoms with Gasteiger partial charge in [0.2, 0.25) is 0 Å². The number of carbonyl (C=O) groups excluding carboxylic acids is 1. The second kappa shape index (κ2) is 7.56. The second-order valence-corrected chi connectivity index (χ2v) is 4.52. The number of halogens is 1. The van der Waals surface area contributed by atoms with Gasteiger partial charge in [-0.2, -0.15) is 0 Å². The van der Waals surface area contributed by atoms with Crippen LogP contribution in [0.15, 0.2) is 54.6 Å². The molecule has 0 fully saturated rings. The number of nitrogens with one attached hydrogen (secondary N) is 1. The maximum atomic E-state index is 11.9. The lowest BCUT2D eigenvalue weighted by Gasteiger charge is -2.08. The molecule has 2 aromatic rings. The lowest BCUT2D eigenvalue weighted by atomic mass is 10.1. The average Bonchev–Trinajstić information content (AvgIpc) is 2.52. The summed E-state index contributed by atoms with van der Waals surface area (Å²) in [5.41, 5.74) is 1.62. The maximum Gasteiger partial charge on any atom is 0.251 e. The molecular weight excluding hydrogens is 274 g/mol. The van der Waals surface area contributed by atoms with Gasteiger partial charge >= 0.3 is 0 Å². The molecule has 0 aliphatic heterocycles. The largest absolute Gasteiger partial charge is 0.492 e. The zero-order valence-electron chi connectivity index (χ0n) is 11.0. The Kier molecular flexibility index (Phi) is 5.44. The highest BCUT2D eigenvalue weighted by atomic mass is 35.5. The van der Waals surface area contributed by atoms with Gasteiger partial charge in [0.1, 0.15) is 12.4 Å². The Balaban J connectivity index is 1.74. The first kappa shape index (κ1) is 14.4. The van der Waals surface area contributed by atoms with Crippen LogP contribution >= 0.6 is 11.6 Å². The Morgan fingerprint density at radius 3 is 2.40 bits per heavy atom. The van der Waals surface area contributed by atoms with Crippen LogP contribution in [0.4, 0.5) is 0 Å². The lowest BCUT2D eigenvalue weighted by Crippen LogP contribution is -2.28. The van der Waals surface area contributed by atoms with Gasteiger partial charge in [-0.3, -0.25) is 4.79 Å². The third kappa shape index (κ3) is 4.28. The van der Waals surface area contributed by atoms with Crippen LogP contribution in [-0.4, -0.2) is 19.1 Å². The van der Waals surface area contributed by atoms with Gasteiger partial charge in [0.05, 0.1) is 6.54 Å². The molecule has 1 amide bonds. The highest BCUT2D eigenvalue weighted by Gasteiger charge is 2.04. The van der Waals surface area contributed by atoms with Crippen molar-refractivity contribution in [3.8, 4) is 5.75 Å². The summed E-state index contributed by atoms with van der Waals surface area (Å²) in [6.45, 7) is 0.903. The number of amides is 1. The van der Waals surface area contributed by atoms with E-state index in [0.717, 1.165) is 11.3 Å². The van der Waals surface area contributed by atoms with Gasteiger partial charge < -0.3 is 10.1 Å². The molecule has 2 aromatic carbocycles. The standard InChI is InChI=1S/C16H16ClNO2/c17-12-13-6-8-14(9-7-13)16(19)18-10-11-20-15-4-2-1-3-5-15/h1-9H,10-12H2,(H,18,19). The molecule has 0 radical (unpaired) electrons. The summed E-state index contributed by atoms with van der Waals surface area (Å²) in [5, 5.41) is 2.81. The fourth-order valence-electron chi connectivity index (χ4n) is 1.70. The van der Waals surface area contributed by atoms with E-state index in [2.05, 4.69) is 5.32 Å². The molecule has 104 valence electrons. The Bertz CT molecular complexity index is 540. The van der Waals surface area contributed by atoms with Gasteiger partial charge in [0, 0.05) is 11.4 Å². The minimum absolute atomic E-state index is 0.109. The van der Waals surface area contributed by atoms with E-state index in [0.29, 0.717) is 24.6 Å². The number of hydrogen-bond donors (Lipinski definition) is 1. The van der Waals surface area contributed by atoms with Crippen molar-refractivity contribution in [1.82, 2.24) is 5.32 Å². The Labute approximate surface area is 123 Å².